The second kappa shape index (κ2) is 15.7. The number of nitrogens with one attached hydrogen (secondary N) is 3. The van der Waals surface area contributed by atoms with Crippen LogP contribution in [0, 0.1) is 5.92 Å². The van der Waals surface area contributed by atoms with Crippen LogP contribution < -0.4 is 16.0 Å². The highest BCUT2D eigenvalue weighted by Gasteiger charge is 2.39. The fourth-order valence-electron chi connectivity index (χ4n) is 6.69. The molecule has 5 atom stereocenters. The summed E-state index contributed by atoms with van der Waals surface area (Å²) in [6, 6.07) is 9.19. The van der Waals surface area contributed by atoms with Gasteiger partial charge in [0.05, 0.1) is 6.04 Å². The Morgan fingerprint density at radius 3 is 2.39 bits per heavy atom. The van der Waals surface area contributed by atoms with Crippen LogP contribution in [-0.4, -0.2) is 84.4 Å². The first-order valence-electron chi connectivity index (χ1n) is 16.2. The van der Waals surface area contributed by atoms with Gasteiger partial charge in [-0.3, -0.25) is 14.4 Å². The lowest BCUT2D eigenvalue weighted by atomic mass is 9.85. The topological polar surface area (TPSA) is 93.8 Å². The van der Waals surface area contributed by atoms with Crippen molar-refractivity contribution in [2.75, 3.05) is 26.7 Å². The first-order chi connectivity index (χ1) is 19.8. The Hall–Kier alpha value is -2.45. The second-order valence-electron chi connectivity index (χ2n) is 12.9. The van der Waals surface area contributed by atoms with Crippen LogP contribution >= 0.6 is 0 Å². The molecule has 0 spiro atoms. The van der Waals surface area contributed by atoms with E-state index in [4.69, 9.17) is 0 Å². The third kappa shape index (κ3) is 9.27. The van der Waals surface area contributed by atoms with Crippen molar-refractivity contribution in [2.45, 2.75) is 121 Å². The van der Waals surface area contributed by atoms with Gasteiger partial charge < -0.3 is 25.8 Å². The van der Waals surface area contributed by atoms with Gasteiger partial charge in [-0.1, -0.05) is 43.2 Å². The third-order valence-corrected chi connectivity index (χ3v) is 9.51. The molecule has 1 aromatic rings. The first kappa shape index (κ1) is 31.5. The van der Waals surface area contributed by atoms with Crippen molar-refractivity contribution in [3.8, 4) is 0 Å². The average molecular weight is 568 g/mol. The molecule has 0 unspecified atom stereocenters. The first-order valence-corrected chi connectivity index (χ1v) is 16.2. The van der Waals surface area contributed by atoms with E-state index in [0.717, 1.165) is 70.1 Å². The van der Waals surface area contributed by atoms with Crippen LogP contribution in [0.4, 0.5) is 0 Å². The third-order valence-electron chi connectivity index (χ3n) is 9.51. The summed E-state index contributed by atoms with van der Waals surface area (Å²) in [5, 5.41) is 9.77. The molecule has 1 aromatic carbocycles. The number of carbonyl (C=O) groups is 3. The highest BCUT2D eigenvalue weighted by molar-refractivity contribution is 5.93. The highest BCUT2D eigenvalue weighted by Crippen LogP contribution is 2.33. The predicted molar refractivity (Wildman–Crippen MR) is 163 cm³/mol. The number of amides is 3. The van der Waals surface area contributed by atoms with Crippen LogP contribution in [0.3, 0.4) is 0 Å². The normalized spacial score (nSPS) is 24.1. The van der Waals surface area contributed by atoms with Crippen molar-refractivity contribution >= 4 is 17.7 Å². The number of benzene rings is 1. The number of hydrogen-bond donors (Lipinski definition) is 3. The summed E-state index contributed by atoms with van der Waals surface area (Å²) < 4.78 is 0. The van der Waals surface area contributed by atoms with Gasteiger partial charge in [0.15, 0.2) is 0 Å². The molecule has 4 rings (SSSR count). The maximum atomic E-state index is 13.8. The van der Waals surface area contributed by atoms with E-state index in [-0.39, 0.29) is 23.8 Å². The summed E-state index contributed by atoms with van der Waals surface area (Å²) in [6.07, 6.45) is 11.5. The van der Waals surface area contributed by atoms with E-state index in [2.05, 4.69) is 41.7 Å². The van der Waals surface area contributed by atoms with Crippen LogP contribution in [0.2, 0.25) is 0 Å². The molecule has 3 N–H and O–H groups in total. The lowest BCUT2D eigenvalue weighted by Gasteiger charge is -2.32. The SMILES string of the molecule is CC(C)N(C)CCCC[C@H](NC(=O)[C@@H]1C[C@@H]2CCCC[C@@H]2N1)C(=O)N[C@@H](Cc1ccccc1)C(=O)N1CCCCC1. The standard InChI is InChI=1S/C33H53N5O3/c1-24(2)37(3)19-13-10-18-28(35-32(40)29-23-26-16-8-9-17-27(26)34-29)31(39)36-30(22-25-14-6-4-7-15-25)33(41)38-20-11-5-12-21-38/h4,6-7,14-15,24,26-30,34H,5,8-13,16-23H2,1-3H3,(H,35,40)(H,36,39)/t26-,27-,28-,29-,30-/m0/s1. The van der Waals surface area contributed by atoms with Crippen LogP contribution in [0.25, 0.3) is 0 Å². The molecule has 0 radical (unpaired) electrons. The fraction of sp³-hybridized carbons (Fsp3) is 0.727. The zero-order valence-corrected chi connectivity index (χ0v) is 25.6. The van der Waals surface area contributed by atoms with Gasteiger partial charge in [0, 0.05) is 31.6 Å². The van der Waals surface area contributed by atoms with E-state index < -0.39 is 12.1 Å². The summed E-state index contributed by atoms with van der Waals surface area (Å²) >= 11 is 0. The minimum Gasteiger partial charge on any atom is -0.343 e. The lowest BCUT2D eigenvalue weighted by Crippen LogP contribution is -2.57. The van der Waals surface area contributed by atoms with Crippen molar-refractivity contribution < 1.29 is 14.4 Å². The summed E-state index contributed by atoms with van der Waals surface area (Å²) in [7, 11) is 2.11. The summed E-state index contributed by atoms with van der Waals surface area (Å²) in [6.45, 7) is 6.76. The molecule has 1 saturated carbocycles. The number of carbonyl (C=O) groups excluding carboxylic acids is 3. The van der Waals surface area contributed by atoms with Gasteiger partial charge >= 0.3 is 0 Å². The van der Waals surface area contributed by atoms with E-state index in [0.29, 0.717) is 30.8 Å². The summed E-state index contributed by atoms with van der Waals surface area (Å²) in [5.74, 6) is 0.195. The molecular formula is C33H53N5O3. The maximum Gasteiger partial charge on any atom is 0.245 e. The van der Waals surface area contributed by atoms with Crippen molar-refractivity contribution in [2.24, 2.45) is 5.92 Å². The Morgan fingerprint density at radius 1 is 0.951 bits per heavy atom. The van der Waals surface area contributed by atoms with E-state index in [1.54, 1.807) is 0 Å². The molecule has 0 bridgehead atoms. The maximum absolute atomic E-state index is 13.8. The van der Waals surface area contributed by atoms with E-state index >= 15 is 0 Å². The van der Waals surface area contributed by atoms with Gasteiger partial charge in [-0.2, -0.15) is 0 Å². The monoisotopic (exact) mass is 567 g/mol. The average Bonchev–Trinajstić information content (AvgIpc) is 3.43. The lowest BCUT2D eigenvalue weighted by molar-refractivity contribution is -0.138. The Morgan fingerprint density at radius 2 is 1.68 bits per heavy atom. The number of hydrogen-bond acceptors (Lipinski definition) is 5. The predicted octanol–water partition coefficient (Wildman–Crippen LogP) is 3.64. The number of likely N-dealkylation sites (tertiary alicyclic amines) is 1. The second-order valence-corrected chi connectivity index (χ2v) is 12.9. The molecule has 2 aliphatic heterocycles. The smallest absolute Gasteiger partial charge is 0.245 e. The molecule has 1 aliphatic carbocycles. The van der Waals surface area contributed by atoms with E-state index in [1.807, 2.05) is 35.2 Å². The van der Waals surface area contributed by atoms with Gasteiger partial charge in [-0.05, 0) is 96.7 Å². The van der Waals surface area contributed by atoms with Crippen molar-refractivity contribution in [1.29, 1.82) is 0 Å². The Bertz CT molecular complexity index is 966. The molecule has 3 fully saturated rings. The van der Waals surface area contributed by atoms with Crippen molar-refractivity contribution in [3.63, 3.8) is 0 Å². The summed E-state index contributed by atoms with van der Waals surface area (Å²) in [5.41, 5.74) is 1.01. The minimum atomic E-state index is -0.663. The van der Waals surface area contributed by atoms with Crippen molar-refractivity contribution in [3.05, 3.63) is 35.9 Å². The molecule has 2 saturated heterocycles. The molecule has 228 valence electrons. The summed E-state index contributed by atoms with van der Waals surface area (Å²) in [4.78, 5) is 45.1. The fourth-order valence-corrected chi connectivity index (χ4v) is 6.69. The minimum absolute atomic E-state index is 0.0212. The van der Waals surface area contributed by atoms with Gasteiger partial charge in [-0.25, -0.2) is 0 Å². The largest absolute Gasteiger partial charge is 0.343 e. The Labute approximate surface area is 247 Å². The van der Waals surface area contributed by atoms with E-state index in [9.17, 15) is 14.4 Å². The molecule has 3 amide bonds. The van der Waals surface area contributed by atoms with Crippen LogP contribution in [0.1, 0.15) is 90.0 Å². The Balaban J connectivity index is 1.43. The number of unbranched alkanes of at least 4 members (excludes halogenated alkanes) is 1. The number of fused-ring (bicyclic) bond motifs is 1. The van der Waals surface area contributed by atoms with Crippen LogP contribution in [-0.2, 0) is 20.8 Å². The molecule has 8 heteroatoms. The van der Waals surface area contributed by atoms with Gasteiger partial charge in [-0.15, -0.1) is 0 Å². The molecule has 2 heterocycles. The van der Waals surface area contributed by atoms with Crippen LogP contribution in [0.5, 0.6) is 0 Å². The Kier molecular flexibility index (Phi) is 12.0. The zero-order valence-electron chi connectivity index (χ0n) is 25.6. The van der Waals surface area contributed by atoms with Crippen LogP contribution in [0.15, 0.2) is 30.3 Å². The number of piperidine rings is 1. The van der Waals surface area contributed by atoms with Gasteiger partial charge in [0.2, 0.25) is 17.7 Å². The van der Waals surface area contributed by atoms with Gasteiger partial charge in [0.25, 0.3) is 0 Å². The number of rotatable bonds is 13. The molecule has 41 heavy (non-hydrogen) atoms. The van der Waals surface area contributed by atoms with Crippen molar-refractivity contribution in [1.82, 2.24) is 25.8 Å². The molecule has 3 aliphatic rings. The molecule has 0 aromatic heterocycles. The number of nitrogens with zero attached hydrogens (tertiary/aromatic N) is 2. The van der Waals surface area contributed by atoms with Gasteiger partial charge in [0.1, 0.15) is 12.1 Å². The highest BCUT2D eigenvalue weighted by atomic mass is 16.2. The zero-order chi connectivity index (χ0) is 29.2. The van der Waals surface area contributed by atoms with E-state index in [1.165, 1.54) is 19.3 Å². The molecule has 8 nitrogen and oxygen atoms in total. The molecular weight excluding hydrogens is 514 g/mol. The quantitative estimate of drug-likeness (QED) is 0.317.